The third-order valence-corrected chi connectivity index (χ3v) is 13.4. The first-order chi connectivity index (χ1) is 15.6. The van der Waals surface area contributed by atoms with Gasteiger partial charge in [0.05, 0.1) is 11.0 Å². The van der Waals surface area contributed by atoms with E-state index in [1.54, 1.807) is 12.1 Å². The number of sulfone groups is 1. The summed E-state index contributed by atoms with van der Waals surface area (Å²) in [4.78, 5) is 0.290. The van der Waals surface area contributed by atoms with Crippen LogP contribution in [-0.2, 0) is 19.0 Å². The Morgan fingerprint density at radius 3 is 1.79 bits per heavy atom. The summed E-state index contributed by atoms with van der Waals surface area (Å²) < 4.78 is 39.1. The lowest BCUT2D eigenvalue weighted by Gasteiger charge is -2.44. The van der Waals surface area contributed by atoms with Gasteiger partial charge in [-0.1, -0.05) is 99.1 Å². The number of rotatable bonds is 7. The van der Waals surface area contributed by atoms with Gasteiger partial charge in [0.1, 0.15) is 6.10 Å². The quantitative estimate of drug-likeness (QED) is 0.370. The van der Waals surface area contributed by atoms with E-state index in [0.29, 0.717) is 4.90 Å². The molecule has 0 aliphatic carbocycles. The Bertz CT molecular complexity index is 1150. The van der Waals surface area contributed by atoms with Crippen molar-refractivity contribution in [2.45, 2.75) is 62.2 Å². The fourth-order valence-electron chi connectivity index (χ4n) is 4.59. The minimum atomic E-state index is -3.58. The molecule has 1 aliphatic heterocycles. The maximum Gasteiger partial charge on any atom is 0.261 e. The van der Waals surface area contributed by atoms with Gasteiger partial charge in [-0.15, -0.1) is 0 Å². The predicted octanol–water partition coefficient (Wildman–Crippen LogP) is 4.46. The van der Waals surface area contributed by atoms with Crippen LogP contribution in [-0.4, -0.2) is 34.4 Å². The molecule has 0 saturated carbocycles. The molecule has 0 aromatic heterocycles. The lowest BCUT2D eigenvalue weighted by molar-refractivity contribution is 0.164. The van der Waals surface area contributed by atoms with E-state index in [1.807, 2.05) is 62.4 Å². The second-order valence-corrected chi connectivity index (χ2v) is 16.1. The van der Waals surface area contributed by atoms with Crippen LogP contribution in [0.1, 0.15) is 33.3 Å². The van der Waals surface area contributed by atoms with Gasteiger partial charge in [-0.2, -0.15) is 0 Å². The number of aryl methyl sites for hydroxylation is 1. The van der Waals surface area contributed by atoms with Crippen molar-refractivity contribution in [2.24, 2.45) is 0 Å². The van der Waals surface area contributed by atoms with Crippen LogP contribution in [0.4, 0.5) is 0 Å². The second kappa shape index (κ2) is 8.84. The van der Waals surface area contributed by atoms with Gasteiger partial charge in [0.15, 0.2) is 5.44 Å². The molecule has 3 atom stereocenters. The zero-order chi connectivity index (χ0) is 23.9. The van der Waals surface area contributed by atoms with Crippen molar-refractivity contribution in [1.29, 1.82) is 0 Å². The van der Waals surface area contributed by atoms with Crippen LogP contribution >= 0.6 is 0 Å². The normalized spacial score (nSPS) is 19.8. The summed E-state index contributed by atoms with van der Waals surface area (Å²) in [5.74, 6) is 0. The summed E-state index contributed by atoms with van der Waals surface area (Å²) in [7, 11) is -6.37. The second-order valence-electron chi connectivity index (χ2n) is 9.81. The summed E-state index contributed by atoms with van der Waals surface area (Å²) in [5, 5.41) is 2.13. The number of ether oxygens (including phenoxy) is 1. The largest absolute Gasteiger partial charge is 0.402 e. The molecule has 6 heteroatoms. The molecule has 0 N–H and O–H groups in total. The summed E-state index contributed by atoms with van der Waals surface area (Å²) in [5.41, 5.74) is 0.138. The highest BCUT2D eigenvalue weighted by atomic mass is 32.2. The van der Waals surface area contributed by atoms with E-state index in [9.17, 15) is 8.42 Å². The summed E-state index contributed by atoms with van der Waals surface area (Å²) in [6, 6.07) is 27.6. The topological polar surface area (TPSA) is 55.9 Å². The molecule has 0 amide bonds. The van der Waals surface area contributed by atoms with Gasteiger partial charge < -0.3 is 9.16 Å². The molecule has 3 aromatic rings. The number of epoxide rings is 1. The van der Waals surface area contributed by atoms with E-state index in [2.05, 4.69) is 45.0 Å². The molecule has 4 rings (SSSR count). The lowest BCUT2D eigenvalue weighted by Crippen LogP contribution is -2.68. The van der Waals surface area contributed by atoms with Gasteiger partial charge >= 0.3 is 0 Å². The molecule has 174 valence electrons. The van der Waals surface area contributed by atoms with Gasteiger partial charge in [-0.25, -0.2) is 8.42 Å². The van der Waals surface area contributed by atoms with E-state index in [4.69, 9.17) is 9.16 Å². The van der Waals surface area contributed by atoms with Crippen molar-refractivity contribution in [2.75, 3.05) is 0 Å². The first-order valence-corrected chi connectivity index (χ1v) is 14.8. The van der Waals surface area contributed by atoms with E-state index >= 15 is 0 Å². The van der Waals surface area contributed by atoms with Gasteiger partial charge in [0.25, 0.3) is 8.32 Å². The maximum atomic E-state index is 13.2. The molecule has 33 heavy (non-hydrogen) atoms. The SMILES string of the molecule is Cc1ccc(S(=O)(=O)[C@H]2O[C@@H]2[C@H](C)O[Si](c2ccccc2)(c2ccccc2)C(C)(C)C)cc1. The summed E-state index contributed by atoms with van der Waals surface area (Å²) >= 11 is 0. The minimum Gasteiger partial charge on any atom is -0.402 e. The number of hydrogen-bond donors (Lipinski definition) is 0. The minimum absolute atomic E-state index is 0.190. The van der Waals surface area contributed by atoms with Crippen LogP contribution in [0.3, 0.4) is 0 Å². The van der Waals surface area contributed by atoms with Crippen molar-refractivity contribution < 1.29 is 17.6 Å². The Balaban J connectivity index is 1.69. The van der Waals surface area contributed by atoms with Crippen LogP contribution in [0, 0.1) is 6.92 Å². The zero-order valence-corrected chi connectivity index (χ0v) is 21.7. The van der Waals surface area contributed by atoms with Gasteiger partial charge in [0, 0.05) is 0 Å². The molecule has 1 heterocycles. The molecule has 4 nitrogen and oxygen atoms in total. The molecule has 0 radical (unpaired) electrons. The molecule has 1 saturated heterocycles. The first kappa shape index (κ1) is 23.9. The van der Waals surface area contributed by atoms with Crippen molar-refractivity contribution in [3.05, 3.63) is 90.5 Å². The Morgan fingerprint density at radius 1 is 0.848 bits per heavy atom. The monoisotopic (exact) mass is 480 g/mol. The highest BCUT2D eigenvalue weighted by Gasteiger charge is 2.57. The maximum absolute atomic E-state index is 13.2. The highest BCUT2D eigenvalue weighted by Crippen LogP contribution is 2.41. The van der Waals surface area contributed by atoms with Crippen LogP contribution in [0.25, 0.3) is 0 Å². The molecule has 1 aliphatic rings. The average Bonchev–Trinajstić information content (AvgIpc) is 3.60. The third-order valence-electron chi connectivity index (χ3n) is 6.38. The van der Waals surface area contributed by atoms with E-state index in [0.717, 1.165) is 15.9 Å². The van der Waals surface area contributed by atoms with Crippen molar-refractivity contribution >= 4 is 28.5 Å². The average molecular weight is 481 g/mol. The molecule has 0 bridgehead atoms. The fourth-order valence-corrected chi connectivity index (χ4v) is 10.9. The number of hydrogen-bond acceptors (Lipinski definition) is 4. The Labute approximate surface area is 198 Å². The van der Waals surface area contributed by atoms with Crippen molar-refractivity contribution in [3.63, 3.8) is 0 Å². The van der Waals surface area contributed by atoms with Crippen molar-refractivity contribution in [1.82, 2.24) is 0 Å². The molecule has 0 unspecified atom stereocenters. The Morgan fingerprint density at radius 2 is 1.33 bits per heavy atom. The van der Waals surface area contributed by atoms with Gasteiger partial charge in [0.2, 0.25) is 9.84 Å². The van der Waals surface area contributed by atoms with Crippen LogP contribution in [0.15, 0.2) is 89.8 Å². The Kier molecular flexibility index (Phi) is 6.40. The summed E-state index contributed by atoms with van der Waals surface area (Å²) in [6.45, 7) is 10.5. The predicted molar refractivity (Wildman–Crippen MR) is 135 cm³/mol. The van der Waals surface area contributed by atoms with Crippen molar-refractivity contribution in [3.8, 4) is 0 Å². The molecule has 3 aromatic carbocycles. The number of benzene rings is 3. The van der Waals surface area contributed by atoms with E-state index < -0.39 is 29.7 Å². The van der Waals surface area contributed by atoms with Crippen LogP contribution in [0.5, 0.6) is 0 Å². The van der Waals surface area contributed by atoms with Gasteiger partial charge in [-0.05, 0) is 41.4 Å². The van der Waals surface area contributed by atoms with Crippen LogP contribution in [0.2, 0.25) is 5.04 Å². The molecular weight excluding hydrogens is 448 g/mol. The molecular formula is C27H32O4SSi. The lowest BCUT2D eigenvalue weighted by atomic mass is 10.2. The fraction of sp³-hybridized carbons (Fsp3) is 0.333. The van der Waals surface area contributed by atoms with Gasteiger partial charge in [-0.3, -0.25) is 0 Å². The standard InChI is InChI=1S/C27H32O4SSi/c1-20-16-18-22(19-17-20)32(28,29)26-25(30-26)21(2)31-33(27(3,4)5,23-12-8-6-9-13-23)24-14-10-7-11-15-24/h6-19,21,25-26H,1-5H3/t21-,25+,26+/m0/s1. The van der Waals surface area contributed by atoms with E-state index in [1.165, 1.54) is 0 Å². The summed E-state index contributed by atoms with van der Waals surface area (Å²) in [6.07, 6.45) is -0.889. The van der Waals surface area contributed by atoms with E-state index in [-0.39, 0.29) is 11.1 Å². The third kappa shape index (κ3) is 4.45. The van der Waals surface area contributed by atoms with Crippen LogP contribution < -0.4 is 10.4 Å². The molecule has 0 spiro atoms. The Hall–Kier alpha value is -2.25. The molecule has 1 fully saturated rings. The first-order valence-electron chi connectivity index (χ1n) is 11.3. The highest BCUT2D eigenvalue weighted by molar-refractivity contribution is 7.92. The zero-order valence-electron chi connectivity index (χ0n) is 19.9. The smallest absolute Gasteiger partial charge is 0.261 e.